The predicted octanol–water partition coefficient (Wildman–Crippen LogP) is 6.39. The van der Waals surface area contributed by atoms with Crippen LogP contribution in [0.15, 0.2) is 5.11 Å². The van der Waals surface area contributed by atoms with Gasteiger partial charge in [-0.15, -0.1) is 0 Å². The van der Waals surface area contributed by atoms with E-state index in [0.717, 1.165) is 19.3 Å². The molecule has 0 saturated heterocycles. The minimum absolute atomic E-state index is 0.240. The molecule has 3 heteroatoms. The highest BCUT2D eigenvalue weighted by molar-refractivity contribution is 4.66. The van der Waals surface area contributed by atoms with Crippen LogP contribution >= 0.6 is 0 Å². The van der Waals surface area contributed by atoms with Gasteiger partial charge in [-0.05, 0) is 18.4 Å². The van der Waals surface area contributed by atoms with Crippen molar-refractivity contribution in [2.45, 2.75) is 96.9 Å². The smallest absolute Gasteiger partial charge is 0.0374 e. The van der Waals surface area contributed by atoms with Crippen LogP contribution in [0.3, 0.4) is 0 Å². The molecule has 0 aromatic carbocycles. The van der Waals surface area contributed by atoms with Gasteiger partial charge in [-0.1, -0.05) is 83.2 Å². The summed E-state index contributed by atoms with van der Waals surface area (Å²) in [7, 11) is 0. The molecule has 3 nitrogen and oxygen atoms in total. The van der Waals surface area contributed by atoms with Crippen molar-refractivity contribution in [3.8, 4) is 0 Å². The molecule has 0 fully saturated rings. The summed E-state index contributed by atoms with van der Waals surface area (Å²) in [5.41, 5.74) is 8.47. The van der Waals surface area contributed by atoms with E-state index in [1.165, 1.54) is 57.8 Å². The maximum absolute atomic E-state index is 8.47. The molecule has 18 heavy (non-hydrogen) atoms. The topological polar surface area (TPSA) is 48.8 Å². The summed E-state index contributed by atoms with van der Waals surface area (Å²) < 4.78 is 0. The molecular formula is C15H31N3. The van der Waals surface area contributed by atoms with Gasteiger partial charge in [-0.2, -0.15) is 0 Å². The van der Waals surface area contributed by atoms with Crippen molar-refractivity contribution < 1.29 is 0 Å². The van der Waals surface area contributed by atoms with Gasteiger partial charge >= 0.3 is 0 Å². The second-order valence-corrected chi connectivity index (χ2v) is 5.26. The van der Waals surface area contributed by atoms with E-state index < -0.39 is 0 Å². The first kappa shape index (κ1) is 17.3. The Labute approximate surface area is 113 Å². The Morgan fingerprint density at radius 1 is 0.778 bits per heavy atom. The second kappa shape index (κ2) is 14.4. The van der Waals surface area contributed by atoms with E-state index in [-0.39, 0.29) is 6.04 Å². The van der Waals surface area contributed by atoms with Crippen LogP contribution < -0.4 is 0 Å². The third-order valence-corrected chi connectivity index (χ3v) is 3.48. The SMILES string of the molecule is CCCCCCCCCCCC(CCC)N=[N+]=[N-]. The molecule has 0 aromatic heterocycles. The van der Waals surface area contributed by atoms with Gasteiger partial charge in [0.1, 0.15) is 0 Å². The number of hydrogen-bond acceptors (Lipinski definition) is 1. The van der Waals surface area contributed by atoms with E-state index in [2.05, 4.69) is 23.9 Å². The van der Waals surface area contributed by atoms with Crippen molar-refractivity contribution in [3.63, 3.8) is 0 Å². The van der Waals surface area contributed by atoms with Crippen LogP contribution in [0.5, 0.6) is 0 Å². The maximum atomic E-state index is 8.47. The summed E-state index contributed by atoms with van der Waals surface area (Å²) in [6.07, 6.45) is 15.4. The number of unbranched alkanes of at least 4 members (excludes halogenated alkanes) is 8. The van der Waals surface area contributed by atoms with E-state index in [1.54, 1.807) is 0 Å². The first-order valence-electron chi connectivity index (χ1n) is 7.89. The number of rotatable bonds is 13. The van der Waals surface area contributed by atoms with Gasteiger partial charge in [0.2, 0.25) is 0 Å². The summed E-state index contributed by atoms with van der Waals surface area (Å²) in [4.78, 5) is 2.94. The Morgan fingerprint density at radius 3 is 1.83 bits per heavy atom. The normalized spacial score (nSPS) is 12.1. The molecule has 0 heterocycles. The third kappa shape index (κ3) is 11.8. The average Bonchev–Trinajstić information content (AvgIpc) is 2.37. The van der Waals surface area contributed by atoms with Gasteiger partial charge in [0.15, 0.2) is 0 Å². The quantitative estimate of drug-likeness (QED) is 0.158. The van der Waals surface area contributed by atoms with Crippen LogP contribution in [0, 0.1) is 0 Å². The molecule has 0 spiro atoms. The molecule has 0 aliphatic carbocycles. The maximum Gasteiger partial charge on any atom is 0.0374 e. The molecule has 0 bridgehead atoms. The van der Waals surface area contributed by atoms with Crippen molar-refractivity contribution in [2.75, 3.05) is 0 Å². The van der Waals surface area contributed by atoms with E-state index in [1.807, 2.05) is 0 Å². The van der Waals surface area contributed by atoms with Crippen LogP contribution in [0.1, 0.15) is 90.9 Å². The zero-order chi connectivity index (χ0) is 13.5. The Balaban J connectivity index is 3.29. The van der Waals surface area contributed by atoms with E-state index in [9.17, 15) is 0 Å². The zero-order valence-corrected chi connectivity index (χ0v) is 12.4. The molecular weight excluding hydrogens is 222 g/mol. The number of nitrogens with zero attached hydrogens (tertiary/aromatic N) is 3. The first-order chi connectivity index (χ1) is 8.85. The average molecular weight is 253 g/mol. The molecule has 0 N–H and O–H groups in total. The number of azide groups is 1. The number of hydrogen-bond donors (Lipinski definition) is 0. The van der Waals surface area contributed by atoms with Crippen LogP contribution in [0.2, 0.25) is 0 Å². The molecule has 0 rings (SSSR count). The van der Waals surface area contributed by atoms with Gasteiger partial charge < -0.3 is 0 Å². The summed E-state index contributed by atoms with van der Waals surface area (Å²) in [6.45, 7) is 4.41. The van der Waals surface area contributed by atoms with Crippen LogP contribution in [-0.2, 0) is 0 Å². The standard InChI is InChI=1S/C15H31N3/c1-3-5-6-7-8-9-10-11-12-14-15(13-4-2)17-18-16/h15H,3-14H2,1-2H3. The Hall–Kier alpha value is -0.690. The molecule has 0 aliphatic rings. The van der Waals surface area contributed by atoms with Crippen molar-refractivity contribution in [1.82, 2.24) is 0 Å². The fraction of sp³-hybridized carbons (Fsp3) is 1.00. The highest BCUT2D eigenvalue weighted by atomic mass is 15.1. The summed E-state index contributed by atoms with van der Waals surface area (Å²) in [5.74, 6) is 0. The first-order valence-corrected chi connectivity index (χ1v) is 7.89. The van der Waals surface area contributed by atoms with Crippen molar-refractivity contribution in [2.24, 2.45) is 5.11 Å². The van der Waals surface area contributed by atoms with E-state index in [4.69, 9.17) is 5.53 Å². The molecule has 1 atom stereocenters. The van der Waals surface area contributed by atoms with Gasteiger partial charge in [0.25, 0.3) is 0 Å². The zero-order valence-electron chi connectivity index (χ0n) is 12.4. The third-order valence-electron chi connectivity index (χ3n) is 3.48. The lowest BCUT2D eigenvalue weighted by atomic mass is 10.0. The van der Waals surface area contributed by atoms with Gasteiger partial charge in [0.05, 0.1) is 0 Å². The Bertz CT molecular complexity index is 210. The largest absolute Gasteiger partial charge is 0.0906 e. The molecule has 1 unspecified atom stereocenters. The van der Waals surface area contributed by atoms with Gasteiger partial charge in [0, 0.05) is 11.0 Å². The monoisotopic (exact) mass is 253 g/mol. The Morgan fingerprint density at radius 2 is 1.33 bits per heavy atom. The summed E-state index contributed by atoms with van der Waals surface area (Å²) >= 11 is 0. The van der Waals surface area contributed by atoms with Crippen LogP contribution in [-0.4, -0.2) is 6.04 Å². The molecule has 0 aliphatic heterocycles. The summed E-state index contributed by atoms with van der Waals surface area (Å²) in [6, 6.07) is 0.240. The van der Waals surface area contributed by atoms with E-state index >= 15 is 0 Å². The molecule has 0 aromatic rings. The van der Waals surface area contributed by atoms with Crippen LogP contribution in [0.4, 0.5) is 0 Å². The highest BCUT2D eigenvalue weighted by Gasteiger charge is 2.04. The lowest BCUT2D eigenvalue weighted by Crippen LogP contribution is -2.02. The minimum atomic E-state index is 0.240. The summed E-state index contributed by atoms with van der Waals surface area (Å²) in [5, 5.41) is 3.86. The van der Waals surface area contributed by atoms with Crippen LogP contribution in [0.25, 0.3) is 10.4 Å². The Kier molecular flexibility index (Phi) is 13.8. The lowest BCUT2D eigenvalue weighted by Gasteiger charge is -2.08. The molecule has 106 valence electrons. The second-order valence-electron chi connectivity index (χ2n) is 5.26. The predicted molar refractivity (Wildman–Crippen MR) is 79.7 cm³/mol. The highest BCUT2D eigenvalue weighted by Crippen LogP contribution is 2.14. The van der Waals surface area contributed by atoms with Crippen molar-refractivity contribution in [1.29, 1.82) is 0 Å². The van der Waals surface area contributed by atoms with Crippen molar-refractivity contribution in [3.05, 3.63) is 10.4 Å². The molecule has 0 saturated carbocycles. The molecule has 0 amide bonds. The minimum Gasteiger partial charge on any atom is -0.0906 e. The van der Waals surface area contributed by atoms with Crippen molar-refractivity contribution >= 4 is 0 Å². The lowest BCUT2D eigenvalue weighted by molar-refractivity contribution is 0.502. The van der Waals surface area contributed by atoms with E-state index in [0.29, 0.717) is 0 Å². The van der Waals surface area contributed by atoms with Gasteiger partial charge in [-0.25, -0.2) is 0 Å². The van der Waals surface area contributed by atoms with Gasteiger partial charge in [-0.3, -0.25) is 0 Å². The fourth-order valence-electron chi connectivity index (χ4n) is 2.36. The fourth-order valence-corrected chi connectivity index (χ4v) is 2.36. The molecule has 0 radical (unpaired) electrons.